The Kier molecular flexibility index (Phi) is 5.39. The number of ether oxygens (including phenoxy) is 1. The van der Waals surface area contributed by atoms with Gasteiger partial charge in [0.1, 0.15) is 23.6 Å². The van der Waals surface area contributed by atoms with Crippen LogP contribution in [-0.2, 0) is 6.54 Å². The number of methoxy groups -OCH3 is 1. The van der Waals surface area contributed by atoms with Crippen molar-refractivity contribution < 1.29 is 9.53 Å². The maximum Gasteiger partial charge on any atom is 0.255 e. The minimum Gasteiger partial charge on any atom is -0.496 e. The quantitative estimate of drug-likeness (QED) is 0.417. The maximum atomic E-state index is 12.6. The zero-order valence-electron chi connectivity index (χ0n) is 18.2. The van der Waals surface area contributed by atoms with Gasteiger partial charge in [-0.2, -0.15) is 5.10 Å². The summed E-state index contributed by atoms with van der Waals surface area (Å²) in [6.07, 6.45) is 3.20. The van der Waals surface area contributed by atoms with Gasteiger partial charge in [-0.25, -0.2) is 14.6 Å². The Labute approximate surface area is 190 Å². The van der Waals surface area contributed by atoms with Crippen molar-refractivity contribution in [1.29, 1.82) is 0 Å². The van der Waals surface area contributed by atoms with Gasteiger partial charge in [0, 0.05) is 18.2 Å². The zero-order chi connectivity index (χ0) is 22.9. The fraction of sp³-hybridized carbons (Fsp3) is 0.250. The van der Waals surface area contributed by atoms with Crippen molar-refractivity contribution in [3.05, 3.63) is 66.0 Å². The number of para-hydroxylation sites is 1. The van der Waals surface area contributed by atoms with E-state index in [4.69, 9.17) is 21.3 Å². The number of hydrogen-bond acceptors (Lipinski definition) is 7. The van der Waals surface area contributed by atoms with Gasteiger partial charge < -0.3 is 21.5 Å². The SMILES string of the molecule is COc1ccccc1C(=O)NCc1ccc(-c2nn(C3CC(N)C3)c3ncnc(N)c23)cc1. The van der Waals surface area contributed by atoms with Crippen molar-refractivity contribution in [3.8, 4) is 17.0 Å². The Bertz CT molecular complexity index is 1310. The Balaban J connectivity index is 1.37. The van der Waals surface area contributed by atoms with Crippen LogP contribution in [0.5, 0.6) is 5.75 Å². The first-order valence-electron chi connectivity index (χ1n) is 10.8. The summed E-state index contributed by atoms with van der Waals surface area (Å²) in [5.41, 5.74) is 16.0. The lowest BCUT2D eigenvalue weighted by Crippen LogP contribution is -2.38. The highest BCUT2D eigenvalue weighted by molar-refractivity contribution is 5.98. The molecule has 5 N–H and O–H groups in total. The number of hydrogen-bond donors (Lipinski definition) is 3. The third-order valence-corrected chi connectivity index (χ3v) is 6.05. The van der Waals surface area contributed by atoms with Gasteiger partial charge in [0.15, 0.2) is 5.65 Å². The number of aromatic nitrogens is 4. The fourth-order valence-electron chi connectivity index (χ4n) is 4.17. The van der Waals surface area contributed by atoms with Gasteiger partial charge in [-0.1, -0.05) is 36.4 Å². The summed E-state index contributed by atoms with van der Waals surface area (Å²) in [5, 5.41) is 8.52. The molecule has 1 aliphatic rings. The standard InChI is InChI=1S/C24H25N7O2/c1-33-19-5-3-2-4-18(19)24(32)27-12-14-6-8-15(9-7-14)21-20-22(26)28-13-29-23(20)31(30-21)17-10-16(25)11-17/h2-9,13,16-17H,10-12,25H2,1H3,(H,27,32)(H2,26,28,29). The van der Waals surface area contributed by atoms with E-state index in [1.54, 1.807) is 19.2 Å². The Morgan fingerprint density at radius 2 is 1.91 bits per heavy atom. The first-order valence-corrected chi connectivity index (χ1v) is 10.8. The molecule has 0 aliphatic heterocycles. The first-order chi connectivity index (χ1) is 16.0. The third kappa shape index (κ3) is 3.87. The Morgan fingerprint density at radius 1 is 1.15 bits per heavy atom. The van der Waals surface area contributed by atoms with Crippen molar-refractivity contribution in [2.24, 2.45) is 5.73 Å². The van der Waals surface area contributed by atoms with Gasteiger partial charge >= 0.3 is 0 Å². The molecule has 1 saturated carbocycles. The van der Waals surface area contributed by atoms with Crippen LogP contribution in [-0.4, -0.2) is 38.8 Å². The van der Waals surface area contributed by atoms with Crippen molar-refractivity contribution in [1.82, 2.24) is 25.1 Å². The molecule has 5 rings (SSSR count). The number of nitrogens with two attached hydrogens (primary N) is 2. The van der Waals surface area contributed by atoms with Crippen molar-refractivity contribution in [3.63, 3.8) is 0 Å². The number of nitrogen functional groups attached to an aromatic ring is 1. The molecular weight excluding hydrogens is 418 g/mol. The van der Waals surface area contributed by atoms with Gasteiger partial charge in [0.05, 0.1) is 24.1 Å². The van der Waals surface area contributed by atoms with Crippen LogP contribution in [0.15, 0.2) is 54.9 Å². The van der Waals surface area contributed by atoms with E-state index >= 15 is 0 Å². The summed E-state index contributed by atoms with van der Waals surface area (Å²) >= 11 is 0. The van der Waals surface area contributed by atoms with Crippen LogP contribution in [0.1, 0.15) is 34.8 Å². The highest BCUT2D eigenvalue weighted by Gasteiger charge is 2.31. The average molecular weight is 444 g/mol. The van der Waals surface area contributed by atoms with E-state index in [2.05, 4.69) is 15.3 Å². The molecule has 1 fully saturated rings. The van der Waals surface area contributed by atoms with Crippen LogP contribution in [0.2, 0.25) is 0 Å². The van der Waals surface area contributed by atoms with E-state index < -0.39 is 0 Å². The number of nitrogens with zero attached hydrogens (tertiary/aromatic N) is 4. The van der Waals surface area contributed by atoms with Gasteiger partial charge in [-0.05, 0) is 30.5 Å². The molecule has 9 nitrogen and oxygen atoms in total. The monoisotopic (exact) mass is 443 g/mol. The zero-order valence-corrected chi connectivity index (χ0v) is 18.2. The second kappa shape index (κ2) is 8.51. The summed E-state index contributed by atoms with van der Waals surface area (Å²) in [4.78, 5) is 21.2. The second-order valence-electron chi connectivity index (χ2n) is 8.22. The molecule has 0 atom stereocenters. The number of rotatable bonds is 6. The predicted molar refractivity (Wildman–Crippen MR) is 126 cm³/mol. The molecule has 0 unspecified atom stereocenters. The summed E-state index contributed by atoms with van der Waals surface area (Å²) in [6.45, 7) is 0.386. The molecule has 0 radical (unpaired) electrons. The summed E-state index contributed by atoms with van der Waals surface area (Å²) in [6, 6.07) is 15.4. The molecule has 0 saturated heterocycles. The third-order valence-electron chi connectivity index (χ3n) is 6.05. The normalized spacial score (nSPS) is 17.5. The van der Waals surface area contributed by atoms with Crippen LogP contribution in [0.4, 0.5) is 5.82 Å². The summed E-state index contributed by atoms with van der Waals surface area (Å²) in [7, 11) is 1.55. The molecule has 1 aliphatic carbocycles. The molecule has 2 aromatic heterocycles. The van der Waals surface area contributed by atoms with E-state index in [1.807, 2.05) is 41.1 Å². The number of nitrogens with one attached hydrogen (secondary N) is 1. The minimum atomic E-state index is -0.190. The lowest BCUT2D eigenvalue weighted by molar-refractivity contribution is 0.0948. The first kappa shape index (κ1) is 20.9. The molecule has 1 amide bonds. The lowest BCUT2D eigenvalue weighted by atomic mass is 9.88. The minimum absolute atomic E-state index is 0.190. The number of benzene rings is 2. The van der Waals surface area contributed by atoms with Crippen LogP contribution in [0.25, 0.3) is 22.3 Å². The molecule has 2 aromatic carbocycles. The molecule has 9 heteroatoms. The highest BCUT2D eigenvalue weighted by atomic mass is 16.5. The van der Waals surface area contributed by atoms with Gasteiger partial charge in [0.25, 0.3) is 5.91 Å². The fourth-order valence-corrected chi connectivity index (χ4v) is 4.17. The van der Waals surface area contributed by atoms with Crippen LogP contribution in [0, 0.1) is 0 Å². The van der Waals surface area contributed by atoms with Crippen LogP contribution < -0.4 is 21.5 Å². The highest BCUT2D eigenvalue weighted by Crippen LogP contribution is 2.37. The van der Waals surface area contributed by atoms with Crippen LogP contribution >= 0.6 is 0 Å². The summed E-state index contributed by atoms with van der Waals surface area (Å²) in [5.74, 6) is 0.753. The van der Waals surface area contributed by atoms with E-state index in [1.165, 1.54) is 6.33 Å². The molecule has 4 aromatic rings. The molecule has 0 spiro atoms. The smallest absolute Gasteiger partial charge is 0.255 e. The van der Waals surface area contributed by atoms with Crippen LogP contribution in [0.3, 0.4) is 0 Å². The summed E-state index contributed by atoms with van der Waals surface area (Å²) < 4.78 is 7.19. The molecule has 0 bridgehead atoms. The van der Waals surface area contributed by atoms with E-state index in [0.717, 1.165) is 40.7 Å². The van der Waals surface area contributed by atoms with Crippen molar-refractivity contribution in [2.45, 2.75) is 31.5 Å². The number of amides is 1. The Hall–Kier alpha value is -3.98. The average Bonchev–Trinajstić information content (AvgIpc) is 3.21. The second-order valence-corrected chi connectivity index (χ2v) is 8.22. The molecule has 2 heterocycles. The maximum absolute atomic E-state index is 12.6. The largest absolute Gasteiger partial charge is 0.496 e. The van der Waals surface area contributed by atoms with Gasteiger partial charge in [-0.3, -0.25) is 4.79 Å². The van der Waals surface area contributed by atoms with Gasteiger partial charge in [-0.15, -0.1) is 0 Å². The lowest BCUT2D eigenvalue weighted by Gasteiger charge is -2.32. The predicted octanol–water partition coefficient (Wildman–Crippen LogP) is 2.68. The molecule has 33 heavy (non-hydrogen) atoms. The molecular formula is C24H25N7O2. The number of fused-ring (bicyclic) bond motifs is 1. The number of carbonyl (C=O) groups excluding carboxylic acids is 1. The van der Waals surface area contributed by atoms with Crippen molar-refractivity contribution >= 4 is 22.8 Å². The van der Waals surface area contributed by atoms with E-state index in [-0.39, 0.29) is 18.0 Å². The van der Waals surface area contributed by atoms with Gasteiger partial charge in [0.2, 0.25) is 0 Å². The Morgan fingerprint density at radius 3 is 2.64 bits per heavy atom. The number of carbonyl (C=O) groups is 1. The van der Waals surface area contributed by atoms with E-state index in [0.29, 0.717) is 23.7 Å². The molecule has 168 valence electrons. The van der Waals surface area contributed by atoms with E-state index in [9.17, 15) is 4.79 Å². The number of anilines is 1. The topological polar surface area (TPSA) is 134 Å². The van der Waals surface area contributed by atoms with Crippen molar-refractivity contribution in [2.75, 3.05) is 12.8 Å².